The summed E-state index contributed by atoms with van der Waals surface area (Å²) in [6.45, 7) is 1.72. The molecule has 0 saturated carbocycles. The summed E-state index contributed by atoms with van der Waals surface area (Å²) in [7, 11) is -1.58. The maximum absolute atomic E-state index is 10.5. The normalized spacial score (nSPS) is 9.58. The van der Waals surface area contributed by atoms with Gasteiger partial charge in [0.15, 0.2) is 0 Å². The minimum atomic E-state index is -1.58. The zero-order valence-corrected chi connectivity index (χ0v) is 6.69. The molecule has 0 heterocycles. The number of benzene rings is 1. The van der Waals surface area contributed by atoms with Crippen LogP contribution in [0.15, 0.2) is 18.2 Å². The van der Waals surface area contributed by atoms with Crippen LogP contribution in [0.4, 0.5) is 0 Å². The summed E-state index contributed by atoms with van der Waals surface area (Å²) in [5.74, 6) is 0. The van der Waals surface area contributed by atoms with E-state index >= 15 is 0 Å². The lowest BCUT2D eigenvalue weighted by molar-refractivity contribution is 0.112. The first-order valence-electron chi connectivity index (χ1n) is 3.57. The molecule has 0 atom stereocenters. The number of aldehydes is 1. The van der Waals surface area contributed by atoms with Crippen molar-refractivity contribution in [1.82, 2.24) is 0 Å². The molecule has 62 valence electrons. The summed E-state index contributed by atoms with van der Waals surface area (Å²) in [4.78, 5) is 10.5. The average molecular weight is 164 g/mol. The first kappa shape index (κ1) is 8.97. The van der Waals surface area contributed by atoms with E-state index in [1.165, 1.54) is 0 Å². The topological polar surface area (TPSA) is 57.5 Å². The predicted molar refractivity (Wildman–Crippen MR) is 46.4 cm³/mol. The molecule has 1 aromatic rings. The molecular formula is C8H9BO3. The van der Waals surface area contributed by atoms with Gasteiger partial charge in [-0.25, -0.2) is 0 Å². The van der Waals surface area contributed by atoms with Crippen molar-refractivity contribution in [2.75, 3.05) is 0 Å². The van der Waals surface area contributed by atoms with Crippen LogP contribution in [0.3, 0.4) is 0 Å². The lowest BCUT2D eigenvalue weighted by Gasteiger charge is -2.06. The minimum absolute atomic E-state index is 0.285. The Bertz CT molecular complexity index is 296. The highest BCUT2D eigenvalue weighted by Crippen LogP contribution is 1.99. The highest BCUT2D eigenvalue weighted by atomic mass is 16.4. The summed E-state index contributed by atoms with van der Waals surface area (Å²) in [5, 5.41) is 17.8. The van der Waals surface area contributed by atoms with Gasteiger partial charge in [-0.05, 0) is 12.4 Å². The lowest BCUT2D eigenvalue weighted by Crippen LogP contribution is -2.35. The van der Waals surface area contributed by atoms with Crippen LogP contribution in [0.5, 0.6) is 0 Å². The number of carbonyl (C=O) groups is 1. The highest BCUT2D eigenvalue weighted by molar-refractivity contribution is 6.60. The van der Waals surface area contributed by atoms with Gasteiger partial charge < -0.3 is 10.0 Å². The molecule has 3 nitrogen and oxygen atoms in total. The van der Waals surface area contributed by atoms with Gasteiger partial charge in [-0.15, -0.1) is 0 Å². The van der Waals surface area contributed by atoms with Gasteiger partial charge in [0.2, 0.25) is 0 Å². The Balaban J connectivity index is 3.29. The van der Waals surface area contributed by atoms with Crippen molar-refractivity contribution in [2.45, 2.75) is 6.92 Å². The fraction of sp³-hybridized carbons (Fsp3) is 0.125. The third kappa shape index (κ3) is 1.54. The average Bonchev–Trinajstić information content (AvgIpc) is 2.03. The van der Waals surface area contributed by atoms with Crippen molar-refractivity contribution in [2.24, 2.45) is 0 Å². The second-order valence-corrected chi connectivity index (χ2v) is 2.57. The largest absolute Gasteiger partial charge is 0.489 e. The number of carbonyl (C=O) groups excluding carboxylic acids is 1. The van der Waals surface area contributed by atoms with Crippen molar-refractivity contribution >= 4 is 18.9 Å². The molecular weight excluding hydrogens is 155 g/mol. The Labute approximate surface area is 70.8 Å². The molecule has 4 heteroatoms. The van der Waals surface area contributed by atoms with Crippen LogP contribution < -0.4 is 5.46 Å². The summed E-state index contributed by atoms with van der Waals surface area (Å²) in [6, 6.07) is 4.97. The summed E-state index contributed by atoms with van der Waals surface area (Å²) < 4.78 is 0. The molecule has 0 saturated heterocycles. The first-order valence-corrected chi connectivity index (χ1v) is 3.57. The maximum atomic E-state index is 10.5. The molecule has 0 radical (unpaired) electrons. The Morgan fingerprint density at radius 2 is 2.08 bits per heavy atom. The smallest absolute Gasteiger partial charge is 0.423 e. The number of hydrogen-bond donors (Lipinski definition) is 2. The summed E-state index contributed by atoms with van der Waals surface area (Å²) in [6.07, 6.45) is 0.613. The minimum Gasteiger partial charge on any atom is -0.423 e. The lowest BCUT2D eigenvalue weighted by atomic mass is 9.74. The second-order valence-electron chi connectivity index (χ2n) is 2.57. The van der Waals surface area contributed by atoms with E-state index in [0.717, 1.165) is 0 Å². The van der Waals surface area contributed by atoms with Crippen molar-refractivity contribution < 1.29 is 14.8 Å². The monoisotopic (exact) mass is 164 g/mol. The molecule has 0 fully saturated rings. The zero-order valence-electron chi connectivity index (χ0n) is 6.69. The molecule has 0 unspecified atom stereocenters. The molecule has 0 aromatic heterocycles. The van der Waals surface area contributed by atoms with Gasteiger partial charge in [0.25, 0.3) is 0 Å². The van der Waals surface area contributed by atoms with Crippen LogP contribution in [-0.2, 0) is 0 Å². The van der Waals surface area contributed by atoms with E-state index in [-0.39, 0.29) is 5.46 Å². The maximum Gasteiger partial charge on any atom is 0.489 e. The van der Waals surface area contributed by atoms with Crippen molar-refractivity contribution in [1.29, 1.82) is 0 Å². The van der Waals surface area contributed by atoms with E-state index in [4.69, 9.17) is 10.0 Å². The van der Waals surface area contributed by atoms with Crippen LogP contribution in [0, 0.1) is 6.92 Å². The molecule has 0 amide bonds. The van der Waals surface area contributed by atoms with Crippen LogP contribution in [-0.4, -0.2) is 23.5 Å². The molecule has 0 aliphatic carbocycles. The van der Waals surface area contributed by atoms with E-state index in [1.807, 2.05) is 0 Å². The number of rotatable bonds is 2. The fourth-order valence-corrected chi connectivity index (χ4v) is 1.16. The molecule has 0 bridgehead atoms. The zero-order chi connectivity index (χ0) is 9.14. The molecule has 12 heavy (non-hydrogen) atoms. The molecule has 0 aliphatic heterocycles. The van der Waals surface area contributed by atoms with Gasteiger partial charge in [0.05, 0.1) is 0 Å². The SMILES string of the molecule is Cc1cccc(C=O)c1B(O)O. The van der Waals surface area contributed by atoms with Gasteiger partial charge in [0, 0.05) is 5.56 Å². The molecule has 2 N–H and O–H groups in total. The molecule has 0 spiro atoms. The molecule has 1 aromatic carbocycles. The number of hydrogen-bond acceptors (Lipinski definition) is 3. The number of aryl methyl sites for hydroxylation is 1. The first-order chi connectivity index (χ1) is 5.66. The Morgan fingerprint density at radius 1 is 1.42 bits per heavy atom. The van der Waals surface area contributed by atoms with Gasteiger partial charge >= 0.3 is 7.12 Å². The van der Waals surface area contributed by atoms with Gasteiger partial charge in [-0.1, -0.05) is 23.8 Å². The van der Waals surface area contributed by atoms with Gasteiger partial charge in [-0.2, -0.15) is 0 Å². The third-order valence-electron chi connectivity index (χ3n) is 1.74. The van der Waals surface area contributed by atoms with Gasteiger partial charge in [-0.3, -0.25) is 4.79 Å². The Hall–Kier alpha value is -1.13. The highest BCUT2D eigenvalue weighted by Gasteiger charge is 2.17. The van der Waals surface area contributed by atoms with E-state index < -0.39 is 7.12 Å². The van der Waals surface area contributed by atoms with E-state index in [0.29, 0.717) is 17.4 Å². The van der Waals surface area contributed by atoms with Crippen LogP contribution in [0.1, 0.15) is 15.9 Å². The quantitative estimate of drug-likeness (QED) is 0.457. The van der Waals surface area contributed by atoms with E-state index in [1.54, 1.807) is 25.1 Å². The fourth-order valence-electron chi connectivity index (χ4n) is 1.16. The summed E-state index contributed by atoms with van der Waals surface area (Å²) >= 11 is 0. The van der Waals surface area contributed by atoms with Crippen LogP contribution in [0.2, 0.25) is 0 Å². The molecule has 1 rings (SSSR count). The van der Waals surface area contributed by atoms with E-state index in [9.17, 15) is 4.79 Å². The van der Waals surface area contributed by atoms with Crippen molar-refractivity contribution in [3.05, 3.63) is 29.3 Å². The van der Waals surface area contributed by atoms with Crippen molar-refractivity contribution in [3.8, 4) is 0 Å². The van der Waals surface area contributed by atoms with Crippen LogP contribution in [0.25, 0.3) is 0 Å². The third-order valence-corrected chi connectivity index (χ3v) is 1.74. The Kier molecular flexibility index (Phi) is 2.63. The standard InChI is InChI=1S/C8H9BO3/c1-6-3-2-4-7(5-10)8(6)9(11)12/h2-5,11-12H,1H3. The van der Waals surface area contributed by atoms with E-state index in [2.05, 4.69) is 0 Å². The second kappa shape index (κ2) is 3.52. The Morgan fingerprint density at radius 3 is 2.50 bits per heavy atom. The summed E-state index contributed by atoms with van der Waals surface area (Å²) in [5.41, 5.74) is 1.31. The molecule has 0 aliphatic rings. The van der Waals surface area contributed by atoms with Crippen molar-refractivity contribution in [3.63, 3.8) is 0 Å². The van der Waals surface area contributed by atoms with Crippen LogP contribution >= 0.6 is 0 Å². The van der Waals surface area contributed by atoms with Gasteiger partial charge in [0.1, 0.15) is 6.29 Å². The predicted octanol–water partition coefficient (Wildman–Crippen LogP) is -0.513.